The van der Waals surface area contributed by atoms with E-state index >= 15 is 0 Å². The molecule has 1 fully saturated rings. The Labute approximate surface area is 158 Å². The summed E-state index contributed by atoms with van der Waals surface area (Å²) in [5, 5.41) is 11.8. The van der Waals surface area contributed by atoms with Crippen LogP contribution in [0.1, 0.15) is 35.8 Å². The molecule has 7 nitrogen and oxygen atoms in total. The molecule has 1 aliphatic heterocycles. The lowest BCUT2D eigenvalue weighted by Gasteiger charge is -2.31. The summed E-state index contributed by atoms with van der Waals surface area (Å²) in [4.78, 5) is 19.2. The first-order valence-corrected chi connectivity index (χ1v) is 9.35. The fourth-order valence-corrected chi connectivity index (χ4v) is 3.67. The highest BCUT2D eigenvalue weighted by atomic mass is 16.2. The topological polar surface area (TPSA) is 79.7 Å². The molecule has 1 aromatic carbocycles. The van der Waals surface area contributed by atoms with Crippen molar-refractivity contribution in [3.8, 4) is 11.4 Å². The Hall–Kier alpha value is -2.96. The molecule has 140 valence electrons. The summed E-state index contributed by atoms with van der Waals surface area (Å²) in [6, 6.07) is 9.97. The zero-order valence-corrected chi connectivity index (χ0v) is 15.7. The Bertz CT molecular complexity index is 921. The van der Waals surface area contributed by atoms with Crippen molar-refractivity contribution in [3.05, 3.63) is 53.6 Å². The summed E-state index contributed by atoms with van der Waals surface area (Å²) < 4.78 is 1.76. The Morgan fingerprint density at radius 2 is 1.96 bits per heavy atom. The Morgan fingerprint density at radius 3 is 2.63 bits per heavy atom. The van der Waals surface area contributed by atoms with E-state index in [2.05, 4.69) is 20.3 Å². The van der Waals surface area contributed by atoms with Crippen LogP contribution in [-0.4, -0.2) is 48.9 Å². The molecule has 0 bridgehead atoms. The average Bonchev–Trinajstić information content (AvgIpc) is 3.29. The van der Waals surface area contributed by atoms with E-state index in [1.165, 1.54) is 0 Å². The number of amides is 1. The number of likely N-dealkylation sites (tertiary alicyclic amines) is 1. The van der Waals surface area contributed by atoms with Crippen LogP contribution in [0.25, 0.3) is 11.4 Å². The quantitative estimate of drug-likeness (QED) is 0.771. The molecule has 4 rings (SSSR count). The van der Waals surface area contributed by atoms with Gasteiger partial charge in [0.1, 0.15) is 5.82 Å². The number of piperidine rings is 1. The van der Waals surface area contributed by atoms with E-state index in [0.717, 1.165) is 54.4 Å². The van der Waals surface area contributed by atoms with E-state index in [1.807, 2.05) is 55.4 Å². The zero-order valence-electron chi connectivity index (χ0n) is 15.7. The molecule has 1 N–H and O–H groups in total. The van der Waals surface area contributed by atoms with E-state index < -0.39 is 0 Å². The fraction of sp³-hybridized carbons (Fsp3) is 0.400. The number of carbonyl (C=O) groups is 1. The molecule has 2 aromatic heterocycles. The summed E-state index contributed by atoms with van der Waals surface area (Å²) >= 11 is 0. The smallest absolute Gasteiger partial charge is 0.227 e. The van der Waals surface area contributed by atoms with Gasteiger partial charge in [-0.05, 0) is 19.8 Å². The molecule has 3 aromatic rings. The van der Waals surface area contributed by atoms with Crippen molar-refractivity contribution in [3.63, 3.8) is 0 Å². The van der Waals surface area contributed by atoms with Crippen molar-refractivity contribution in [2.45, 2.75) is 32.1 Å². The van der Waals surface area contributed by atoms with Crippen molar-refractivity contribution in [1.29, 1.82) is 0 Å². The lowest BCUT2D eigenvalue weighted by Crippen LogP contribution is -2.39. The number of hydrogen-bond donors (Lipinski definition) is 1. The van der Waals surface area contributed by atoms with Gasteiger partial charge in [0.2, 0.25) is 5.91 Å². The van der Waals surface area contributed by atoms with Gasteiger partial charge in [0.25, 0.3) is 0 Å². The van der Waals surface area contributed by atoms with Crippen molar-refractivity contribution in [2.24, 2.45) is 7.05 Å². The third-order valence-corrected chi connectivity index (χ3v) is 5.23. The molecular formula is C20H24N6O. The summed E-state index contributed by atoms with van der Waals surface area (Å²) in [5.74, 6) is 2.14. The van der Waals surface area contributed by atoms with Crippen LogP contribution >= 0.6 is 0 Å². The van der Waals surface area contributed by atoms with E-state index in [9.17, 15) is 4.79 Å². The van der Waals surface area contributed by atoms with Crippen LogP contribution in [0.3, 0.4) is 0 Å². The Balaban J connectivity index is 1.36. The monoisotopic (exact) mass is 364 g/mol. The molecule has 1 amide bonds. The molecule has 0 unspecified atom stereocenters. The molecule has 3 heterocycles. The van der Waals surface area contributed by atoms with Crippen LogP contribution < -0.4 is 0 Å². The van der Waals surface area contributed by atoms with Crippen LogP contribution in [0.4, 0.5) is 0 Å². The molecule has 7 heteroatoms. The van der Waals surface area contributed by atoms with E-state index in [-0.39, 0.29) is 5.91 Å². The normalized spacial score (nSPS) is 15.3. The highest BCUT2D eigenvalue weighted by Crippen LogP contribution is 2.27. The molecule has 0 spiro atoms. The van der Waals surface area contributed by atoms with Gasteiger partial charge in [0.05, 0.1) is 12.1 Å². The minimum absolute atomic E-state index is 0.173. The molecular weight excluding hydrogens is 340 g/mol. The minimum atomic E-state index is 0.173. The van der Waals surface area contributed by atoms with E-state index in [1.54, 1.807) is 4.68 Å². The van der Waals surface area contributed by atoms with Crippen LogP contribution in [0, 0.1) is 6.92 Å². The van der Waals surface area contributed by atoms with Crippen molar-refractivity contribution in [1.82, 2.24) is 29.9 Å². The third kappa shape index (κ3) is 3.77. The van der Waals surface area contributed by atoms with Gasteiger partial charge in [-0.2, -0.15) is 10.2 Å². The molecule has 1 aliphatic rings. The maximum atomic E-state index is 12.6. The summed E-state index contributed by atoms with van der Waals surface area (Å²) in [7, 11) is 1.88. The molecule has 0 aliphatic carbocycles. The van der Waals surface area contributed by atoms with Gasteiger partial charge < -0.3 is 4.90 Å². The molecule has 0 atom stereocenters. The standard InChI is InChI=1S/C20H24N6O/c1-14-17(13-25(2)24-14)12-18(27)26-10-8-16(9-11-26)20-21-19(22-23-20)15-6-4-3-5-7-15/h3-7,13,16H,8-12H2,1-2H3,(H,21,22,23). The average molecular weight is 364 g/mol. The van der Waals surface area contributed by atoms with Gasteiger partial charge in [0, 0.05) is 43.4 Å². The van der Waals surface area contributed by atoms with Crippen molar-refractivity contribution < 1.29 is 4.79 Å². The number of rotatable bonds is 4. The SMILES string of the molecule is Cc1nn(C)cc1CC(=O)N1CCC(c2nc(-c3ccccc3)n[nH]2)CC1. The number of nitrogens with one attached hydrogen (secondary N) is 1. The van der Waals surface area contributed by atoms with Gasteiger partial charge in [-0.3, -0.25) is 14.6 Å². The predicted molar refractivity (Wildman–Crippen MR) is 102 cm³/mol. The minimum Gasteiger partial charge on any atom is -0.342 e. The number of aromatic nitrogens is 5. The first kappa shape index (κ1) is 17.5. The van der Waals surface area contributed by atoms with Crippen LogP contribution in [0.2, 0.25) is 0 Å². The van der Waals surface area contributed by atoms with Crippen LogP contribution in [-0.2, 0) is 18.3 Å². The number of hydrogen-bond acceptors (Lipinski definition) is 4. The first-order chi connectivity index (χ1) is 13.1. The highest BCUT2D eigenvalue weighted by molar-refractivity contribution is 5.79. The Morgan fingerprint density at radius 1 is 1.22 bits per heavy atom. The second-order valence-electron chi connectivity index (χ2n) is 7.16. The van der Waals surface area contributed by atoms with Gasteiger partial charge in [-0.1, -0.05) is 30.3 Å². The number of H-pyrrole nitrogens is 1. The lowest BCUT2D eigenvalue weighted by atomic mass is 9.95. The fourth-order valence-electron chi connectivity index (χ4n) is 3.67. The number of benzene rings is 1. The second-order valence-corrected chi connectivity index (χ2v) is 7.16. The number of aromatic amines is 1. The van der Waals surface area contributed by atoms with Crippen LogP contribution in [0.15, 0.2) is 36.5 Å². The van der Waals surface area contributed by atoms with E-state index in [4.69, 9.17) is 0 Å². The van der Waals surface area contributed by atoms with Gasteiger partial charge >= 0.3 is 0 Å². The second kappa shape index (κ2) is 7.34. The van der Waals surface area contributed by atoms with Crippen molar-refractivity contribution >= 4 is 5.91 Å². The Kier molecular flexibility index (Phi) is 4.75. The summed E-state index contributed by atoms with van der Waals surface area (Å²) in [5.41, 5.74) is 2.95. The largest absolute Gasteiger partial charge is 0.342 e. The third-order valence-electron chi connectivity index (χ3n) is 5.23. The molecule has 27 heavy (non-hydrogen) atoms. The van der Waals surface area contributed by atoms with Crippen LogP contribution in [0.5, 0.6) is 0 Å². The molecule has 1 saturated heterocycles. The predicted octanol–water partition coefficient (Wildman–Crippen LogP) is 2.46. The van der Waals surface area contributed by atoms with Crippen molar-refractivity contribution in [2.75, 3.05) is 13.1 Å². The zero-order chi connectivity index (χ0) is 18.8. The van der Waals surface area contributed by atoms with Gasteiger partial charge in [-0.15, -0.1) is 0 Å². The van der Waals surface area contributed by atoms with Gasteiger partial charge in [-0.25, -0.2) is 4.98 Å². The van der Waals surface area contributed by atoms with E-state index in [0.29, 0.717) is 12.3 Å². The highest BCUT2D eigenvalue weighted by Gasteiger charge is 2.26. The maximum Gasteiger partial charge on any atom is 0.227 e. The number of aryl methyl sites for hydroxylation is 2. The first-order valence-electron chi connectivity index (χ1n) is 9.35. The number of carbonyl (C=O) groups excluding carboxylic acids is 1. The van der Waals surface area contributed by atoms with Gasteiger partial charge in [0.15, 0.2) is 5.82 Å². The number of nitrogens with zero attached hydrogens (tertiary/aromatic N) is 5. The molecule has 0 saturated carbocycles. The maximum absolute atomic E-state index is 12.6. The summed E-state index contributed by atoms with van der Waals surface area (Å²) in [6.07, 6.45) is 4.16. The lowest BCUT2D eigenvalue weighted by molar-refractivity contribution is -0.131. The molecule has 0 radical (unpaired) electrons. The summed E-state index contributed by atoms with van der Waals surface area (Å²) in [6.45, 7) is 3.46.